The number of hydrogen-bond donors (Lipinski definition) is 1. The number of halogens is 3. The first kappa shape index (κ1) is 12.7. The lowest BCUT2D eigenvalue weighted by molar-refractivity contribution is -0.0454. The third-order valence-corrected chi connectivity index (χ3v) is 3.53. The molecule has 0 saturated heterocycles. The second kappa shape index (κ2) is 3.13. The van der Waals surface area contributed by atoms with Gasteiger partial charge in [0, 0.05) is 0 Å². The molecule has 7 heteroatoms. The van der Waals surface area contributed by atoms with Crippen LogP contribution in [0.1, 0.15) is 20.8 Å². The fraction of sp³-hybridized carbons (Fsp3) is 1.00. The summed E-state index contributed by atoms with van der Waals surface area (Å²) in [7, 11) is -5.26. The lowest BCUT2D eigenvalue weighted by Gasteiger charge is -2.27. The Hall–Kier alpha value is -0.300. The SMILES string of the molecule is CC(C)(C)C(N)S(=O)(=O)C(F)(F)F. The summed E-state index contributed by atoms with van der Waals surface area (Å²) < 4.78 is 57.3. The summed E-state index contributed by atoms with van der Waals surface area (Å²) in [5.41, 5.74) is -1.40. The normalized spacial score (nSPS) is 17.2. The van der Waals surface area contributed by atoms with Gasteiger partial charge in [-0.1, -0.05) is 20.8 Å². The average Bonchev–Trinajstić information content (AvgIpc) is 1.81. The molecule has 0 fully saturated rings. The molecule has 0 aliphatic carbocycles. The van der Waals surface area contributed by atoms with Crippen LogP contribution >= 0.6 is 0 Å². The van der Waals surface area contributed by atoms with E-state index in [1.165, 1.54) is 20.8 Å². The molecule has 0 bridgehead atoms. The molecule has 1 unspecified atom stereocenters. The molecule has 80 valence electrons. The van der Waals surface area contributed by atoms with E-state index in [1.807, 2.05) is 0 Å². The van der Waals surface area contributed by atoms with Crippen LogP contribution in [0.2, 0.25) is 0 Å². The largest absolute Gasteiger partial charge is 0.498 e. The van der Waals surface area contributed by atoms with Crippen molar-refractivity contribution < 1.29 is 21.6 Å². The molecule has 0 aromatic carbocycles. The van der Waals surface area contributed by atoms with Gasteiger partial charge in [0.1, 0.15) is 5.37 Å². The zero-order valence-corrected chi connectivity index (χ0v) is 8.33. The summed E-state index contributed by atoms with van der Waals surface area (Å²) >= 11 is 0. The minimum Gasteiger partial charge on any atom is -0.314 e. The Balaban J connectivity index is 5.12. The lowest BCUT2D eigenvalue weighted by atomic mass is 9.97. The Morgan fingerprint density at radius 2 is 1.46 bits per heavy atom. The summed E-state index contributed by atoms with van der Waals surface area (Å²) in [5.74, 6) is 0. The van der Waals surface area contributed by atoms with E-state index in [0.717, 1.165) is 0 Å². The molecule has 0 aromatic heterocycles. The highest BCUT2D eigenvalue weighted by Gasteiger charge is 2.52. The van der Waals surface area contributed by atoms with Gasteiger partial charge >= 0.3 is 5.51 Å². The molecule has 0 rings (SSSR count). The third-order valence-electron chi connectivity index (χ3n) is 1.51. The maximum atomic E-state index is 11.9. The molecule has 0 aromatic rings. The second-order valence-electron chi connectivity index (χ2n) is 3.78. The number of alkyl halides is 3. The van der Waals surface area contributed by atoms with E-state index in [4.69, 9.17) is 5.73 Å². The Morgan fingerprint density at radius 1 is 1.15 bits per heavy atom. The molecule has 0 aliphatic heterocycles. The van der Waals surface area contributed by atoms with Crippen LogP contribution in [0.3, 0.4) is 0 Å². The van der Waals surface area contributed by atoms with Crippen LogP contribution in [-0.2, 0) is 9.84 Å². The van der Waals surface area contributed by atoms with Crippen LogP contribution < -0.4 is 5.73 Å². The Bertz CT molecular complexity index is 275. The average molecular weight is 219 g/mol. The van der Waals surface area contributed by atoms with Gasteiger partial charge in [0.15, 0.2) is 0 Å². The van der Waals surface area contributed by atoms with E-state index < -0.39 is 26.1 Å². The van der Waals surface area contributed by atoms with Crippen LogP contribution in [0, 0.1) is 5.41 Å². The summed E-state index contributed by atoms with van der Waals surface area (Å²) in [4.78, 5) is 0. The standard InChI is InChI=1S/C6H12F3NO2S/c1-5(2,3)4(10)13(11,12)6(7,8)9/h4H,10H2,1-3H3. The molecule has 1 atom stereocenters. The van der Waals surface area contributed by atoms with Crippen molar-refractivity contribution in [2.45, 2.75) is 31.7 Å². The minimum atomic E-state index is -5.28. The van der Waals surface area contributed by atoms with Crippen molar-refractivity contribution in [1.82, 2.24) is 0 Å². The Labute approximate surface area is 75.0 Å². The molecule has 0 heterocycles. The molecular weight excluding hydrogens is 207 g/mol. The summed E-state index contributed by atoms with van der Waals surface area (Å²) in [6, 6.07) is 0. The van der Waals surface area contributed by atoms with Crippen molar-refractivity contribution >= 4 is 9.84 Å². The van der Waals surface area contributed by atoms with Crippen LogP contribution in [0.25, 0.3) is 0 Å². The van der Waals surface area contributed by atoms with Gasteiger partial charge in [0.05, 0.1) is 0 Å². The van der Waals surface area contributed by atoms with Crippen molar-refractivity contribution in [1.29, 1.82) is 0 Å². The highest BCUT2D eigenvalue weighted by molar-refractivity contribution is 7.92. The first-order chi connectivity index (χ1) is 5.40. The second-order valence-corrected chi connectivity index (χ2v) is 5.84. The van der Waals surface area contributed by atoms with Gasteiger partial charge in [-0.3, -0.25) is 0 Å². The molecule has 0 spiro atoms. The number of hydrogen-bond acceptors (Lipinski definition) is 3. The summed E-state index contributed by atoms with van der Waals surface area (Å²) in [5, 5.41) is -1.93. The van der Waals surface area contributed by atoms with E-state index in [1.54, 1.807) is 0 Å². The van der Waals surface area contributed by atoms with Gasteiger partial charge < -0.3 is 5.73 Å². The van der Waals surface area contributed by atoms with Gasteiger partial charge in [-0.25, -0.2) is 8.42 Å². The molecule has 3 nitrogen and oxygen atoms in total. The van der Waals surface area contributed by atoms with Crippen LogP contribution in [0.5, 0.6) is 0 Å². The van der Waals surface area contributed by atoms with E-state index in [9.17, 15) is 21.6 Å². The number of rotatable bonds is 1. The first-order valence-electron chi connectivity index (χ1n) is 3.46. The molecule has 0 aliphatic rings. The zero-order valence-electron chi connectivity index (χ0n) is 7.51. The summed E-state index contributed by atoms with van der Waals surface area (Å²) in [6.45, 7) is 4.00. The van der Waals surface area contributed by atoms with E-state index >= 15 is 0 Å². The van der Waals surface area contributed by atoms with Gasteiger partial charge in [0.25, 0.3) is 9.84 Å². The van der Waals surface area contributed by atoms with Crippen molar-refractivity contribution in [3.8, 4) is 0 Å². The Morgan fingerprint density at radius 3 is 1.54 bits per heavy atom. The third kappa shape index (κ3) is 2.57. The summed E-state index contributed by atoms with van der Waals surface area (Å²) in [6.07, 6.45) is 0. The van der Waals surface area contributed by atoms with Crippen LogP contribution in [-0.4, -0.2) is 19.3 Å². The molecular formula is C6H12F3NO2S. The Kier molecular flexibility index (Phi) is 3.05. The van der Waals surface area contributed by atoms with Crippen molar-refractivity contribution in [3.63, 3.8) is 0 Å². The highest BCUT2D eigenvalue weighted by atomic mass is 32.2. The lowest BCUT2D eigenvalue weighted by Crippen LogP contribution is -2.48. The van der Waals surface area contributed by atoms with Crippen LogP contribution in [0.4, 0.5) is 13.2 Å². The minimum absolute atomic E-state index is 1.13. The molecule has 0 radical (unpaired) electrons. The maximum Gasteiger partial charge on any atom is 0.498 e. The number of sulfone groups is 1. The molecule has 13 heavy (non-hydrogen) atoms. The maximum absolute atomic E-state index is 11.9. The van der Waals surface area contributed by atoms with Gasteiger partial charge in [-0.15, -0.1) is 0 Å². The zero-order chi connectivity index (χ0) is 11.1. The van der Waals surface area contributed by atoms with Gasteiger partial charge in [0.2, 0.25) is 0 Å². The predicted molar refractivity (Wildman–Crippen MR) is 42.4 cm³/mol. The monoisotopic (exact) mass is 219 g/mol. The van der Waals surface area contributed by atoms with E-state index in [0.29, 0.717) is 0 Å². The highest BCUT2D eigenvalue weighted by Crippen LogP contribution is 2.32. The topological polar surface area (TPSA) is 60.2 Å². The first-order valence-corrected chi connectivity index (χ1v) is 5.01. The van der Waals surface area contributed by atoms with Gasteiger partial charge in [-0.05, 0) is 5.41 Å². The quantitative estimate of drug-likeness (QED) is 0.722. The smallest absolute Gasteiger partial charge is 0.314 e. The predicted octanol–water partition coefficient (Wildman–Crippen LogP) is 1.25. The number of nitrogens with two attached hydrogens (primary N) is 1. The van der Waals surface area contributed by atoms with Crippen LogP contribution in [0.15, 0.2) is 0 Å². The molecule has 2 N–H and O–H groups in total. The van der Waals surface area contributed by atoms with Crippen molar-refractivity contribution in [2.75, 3.05) is 0 Å². The fourth-order valence-corrected chi connectivity index (χ4v) is 1.83. The molecule has 0 saturated carbocycles. The van der Waals surface area contributed by atoms with Gasteiger partial charge in [-0.2, -0.15) is 13.2 Å². The van der Waals surface area contributed by atoms with Crippen molar-refractivity contribution in [3.05, 3.63) is 0 Å². The van der Waals surface area contributed by atoms with E-state index in [2.05, 4.69) is 0 Å². The van der Waals surface area contributed by atoms with Crippen molar-refractivity contribution in [2.24, 2.45) is 11.1 Å². The molecule has 0 amide bonds. The van der Waals surface area contributed by atoms with E-state index in [-0.39, 0.29) is 0 Å². The fourth-order valence-electron chi connectivity index (χ4n) is 0.609.